The molecular weight excluding hydrogens is 1240 g/mol. The van der Waals surface area contributed by atoms with Gasteiger partial charge in [0, 0.05) is 15.8 Å². The predicted molar refractivity (Wildman–Crippen MR) is 169 cm³/mol. The summed E-state index contributed by atoms with van der Waals surface area (Å²) in [6, 6.07) is 0. The van der Waals surface area contributed by atoms with E-state index in [-0.39, 0.29) is 45.2 Å². The summed E-state index contributed by atoms with van der Waals surface area (Å²) >= 11 is 0. The third kappa shape index (κ3) is 9.82. The van der Waals surface area contributed by atoms with Gasteiger partial charge < -0.3 is 24.8 Å². The fraction of sp³-hybridized carbons (Fsp3) is 0. The summed E-state index contributed by atoms with van der Waals surface area (Å²) in [6.07, 6.45) is 0. The fourth-order valence-electron chi connectivity index (χ4n) is 5.41. The quantitative estimate of drug-likeness (QED) is 0.0720. The van der Waals surface area contributed by atoms with Crippen molar-refractivity contribution < 1.29 is 177 Å². The van der Waals surface area contributed by atoms with Crippen molar-refractivity contribution in [3.05, 3.63) is 175 Å². The molecule has 35 heteroatoms. The van der Waals surface area contributed by atoms with Crippen LogP contribution in [0.4, 0.5) is 132 Å². The maximum absolute atomic E-state index is 14.4. The smallest absolute Gasteiger partial charge is 1.00 e. The molecule has 0 nitrogen and oxygen atoms in total. The Morgan fingerprint density at radius 1 is 0.127 bits per heavy atom. The van der Waals surface area contributed by atoms with Crippen LogP contribution in [-0.2, 0) is 20.4 Å². The first kappa shape index (κ1) is 62.4. The van der Waals surface area contributed by atoms with E-state index in [1.165, 1.54) is 0 Å². The van der Waals surface area contributed by atoms with E-state index in [1.807, 2.05) is 0 Å². The van der Waals surface area contributed by atoms with Gasteiger partial charge in [-0.3, -0.25) is 0 Å². The second-order valence-corrected chi connectivity index (χ2v) is 16.2. The molecular formula is C36Cl2F30P2Pd. The van der Waals surface area contributed by atoms with Gasteiger partial charge in [-0.15, -0.1) is 0 Å². The Morgan fingerprint density at radius 3 is 0.254 bits per heavy atom. The molecule has 388 valence electrons. The largest absolute Gasteiger partial charge is 2.00 e. The summed E-state index contributed by atoms with van der Waals surface area (Å²) in [7, 11) is -9.79. The van der Waals surface area contributed by atoms with Gasteiger partial charge in [-0.1, -0.05) is 0 Å². The molecule has 0 saturated heterocycles. The van der Waals surface area contributed by atoms with Gasteiger partial charge >= 0.3 is 20.4 Å². The van der Waals surface area contributed by atoms with Crippen LogP contribution in [0, 0.1) is 175 Å². The Morgan fingerprint density at radius 2 is 0.183 bits per heavy atom. The number of rotatable bonds is 6. The summed E-state index contributed by atoms with van der Waals surface area (Å²) in [5, 5.41) is -15.7. The molecule has 0 saturated carbocycles. The Labute approximate surface area is 398 Å². The fourth-order valence-corrected chi connectivity index (χ4v) is 10.3. The van der Waals surface area contributed by atoms with Crippen molar-refractivity contribution in [2.45, 2.75) is 0 Å². The van der Waals surface area contributed by atoms with Crippen molar-refractivity contribution in [3.63, 3.8) is 0 Å². The van der Waals surface area contributed by atoms with Gasteiger partial charge in [0.25, 0.3) is 0 Å². The second-order valence-electron chi connectivity index (χ2n) is 12.2. The number of hydrogen-bond donors (Lipinski definition) is 0. The third-order valence-electron chi connectivity index (χ3n) is 8.46. The molecule has 0 radical (unpaired) electrons. The van der Waals surface area contributed by atoms with Crippen LogP contribution >= 0.6 is 15.8 Å². The van der Waals surface area contributed by atoms with Crippen LogP contribution in [-0.4, -0.2) is 0 Å². The molecule has 0 heterocycles. The Hall–Kier alpha value is -4.68. The molecule has 0 spiro atoms. The topological polar surface area (TPSA) is 0 Å². The molecule has 0 aliphatic carbocycles. The summed E-state index contributed by atoms with van der Waals surface area (Å²) < 4.78 is 417. The Bertz CT molecular complexity index is 2460. The van der Waals surface area contributed by atoms with Crippen LogP contribution in [0.1, 0.15) is 0 Å². The molecule has 0 atom stereocenters. The van der Waals surface area contributed by atoms with Crippen molar-refractivity contribution >= 4 is 47.7 Å². The van der Waals surface area contributed by atoms with Crippen molar-refractivity contribution in [1.29, 1.82) is 0 Å². The zero-order valence-corrected chi connectivity index (χ0v) is 36.2. The second kappa shape index (κ2) is 22.6. The van der Waals surface area contributed by atoms with Gasteiger partial charge in [0.15, 0.2) is 140 Å². The molecule has 6 rings (SSSR count). The molecule has 0 amide bonds. The van der Waals surface area contributed by atoms with E-state index >= 15 is 0 Å². The average Bonchev–Trinajstić information content (AvgIpc) is 3.31. The summed E-state index contributed by atoms with van der Waals surface area (Å²) in [5.74, 6) is -89.8. The molecule has 0 N–H and O–H groups in total. The van der Waals surface area contributed by atoms with Gasteiger partial charge in [-0.2, -0.15) is 0 Å². The van der Waals surface area contributed by atoms with Crippen LogP contribution < -0.4 is 56.6 Å². The van der Waals surface area contributed by atoms with E-state index in [9.17, 15) is 132 Å². The standard InChI is InChI=1S/2C18F15P.2ClH.Pd/c2*19-1-4(22)10(28)16(11(29)5(1)23)34(17-12(30)6(24)2(20)7(25)13(17)31)18-14(32)8(26)3(21)9(27)15(18)33;;;/h;;2*1H;/q;;;;+2/p-2. The van der Waals surface area contributed by atoms with Gasteiger partial charge in [0.1, 0.15) is 0 Å². The summed E-state index contributed by atoms with van der Waals surface area (Å²) in [6.45, 7) is 0. The first-order chi connectivity index (χ1) is 31.3. The molecule has 0 fully saturated rings. The van der Waals surface area contributed by atoms with Gasteiger partial charge in [-0.25, -0.2) is 132 Å². The molecule has 0 aliphatic heterocycles. The summed E-state index contributed by atoms with van der Waals surface area (Å²) in [5.41, 5.74) is 0. The predicted octanol–water partition coefficient (Wildman–Crippen LogP) is 5.07. The van der Waals surface area contributed by atoms with Crippen LogP contribution in [0.15, 0.2) is 0 Å². The van der Waals surface area contributed by atoms with Crippen molar-refractivity contribution in [2.24, 2.45) is 0 Å². The molecule has 6 aromatic carbocycles. The normalized spacial score (nSPS) is 11.2. The number of halogens is 32. The van der Waals surface area contributed by atoms with E-state index < -0.39 is 222 Å². The first-order valence-corrected chi connectivity index (χ1v) is 18.7. The zero-order valence-electron chi connectivity index (χ0n) is 31.3. The minimum absolute atomic E-state index is 0. The summed E-state index contributed by atoms with van der Waals surface area (Å²) in [4.78, 5) is 0. The number of hydrogen-bond acceptors (Lipinski definition) is 0. The van der Waals surface area contributed by atoms with E-state index in [0.717, 1.165) is 0 Å². The molecule has 71 heavy (non-hydrogen) atoms. The van der Waals surface area contributed by atoms with Crippen LogP contribution in [0.25, 0.3) is 0 Å². The Balaban J connectivity index is 0.000000467. The maximum atomic E-state index is 14.4. The van der Waals surface area contributed by atoms with E-state index in [1.54, 1.807) is 0 Å². The van der Waals surface area contributed by atoms with Crippen LogP contribution in [0.5, 0.6) is 0 Å². The Kier molecular flexibility index (Phi) is 19.9. The third-order valence-corrected chi connectivity index (χ3v) is 13.5. The minimum Gasteiger partial charge on any atom is -1.00 e. The van der Waals surface area contributed by atoms with Gasteiger partial charge in [-0.05, 0) is 0 Å². The van der Waals surface area contributed by atoms with Crippen LogP contribution in [0.3, 0.4) is 0 Å². The van der Waals surface area contributed by atoms with Crippen molar-refractivity contribution in [2.75, 3.05) is 0 Å². The maximum Gasteiger partial charge on any atom is 2.00 e. The van der Waals surface area contributed by atoms with Gasteiger partial charge in [0.05, 0.1) is 31.8 Å². The van der Waals surface area contributed by atoms with E-state index in [2.05, 4.69) is 0 Å². The van der Waals surface area contributed by atoms with Gasteiger partial charge in [0.2, 0.25) is 34.9 Å². The van der Waals surface area contributed by atoms with Crippen LogP contribution in [0.2, 0.25) is 0 Å². The number of benzene rings is 6. The molecule has 0 unspecified atom stereocenters. The van der Waals surface area contributed by atoms with E-state index in [0.29, 0.717) is 0 Å². The first-order valence-electron chi connectivity index (χ1n) is 16.0. The van der Waals surface area contributed by atoms with E-state index in [4.69, 9.17) is 0 Å². The molecule has 0 bridgehead atoms. The average molecular weight is 1240 g/mol. The molecule has 6 aromatic rings. The molecule has 0 aliphatic rings. The SMILES string of the molecule is Fc1c(F)c(F)c(P(c2c(F)c(F)c(F)c(F)c2F)c2c(F)c(F)c(F)c(F)c2F)c(F)c1F.Fc1c(F)c(F)c(P(c2c(F)c(F)c(F)c(F)c2F)c2c(F)c(F)c(F)c(F)c2F)c(F)c1F.[Cl-].[Cl-].[Pd+2]. The van der Waals surface area contributed by atoms with Crippen molar-refractivity contribution in [1.82, 2.24) is 0 Å². The minimum atomic E-state index is -4.90. The van der Waals surface area contributed by atoms with Crippen molar-refractivity contribution in [3.8, 4) is 0 Å². The monoisotopic (exact) mass is 1240 g/mol. The zero-order chi connectivity index (χ0) is 51.9. The molecule has 0 aromatic heterocycles.